The summed E-state index contributed by atoms with van der Waals surface area (Å²) in [7, 11) is 1.51. The number of phenols is 3. The van der Waals surface area contributed by atoms with Crippen molar-refractivity contribution in [3.63, 3.8) is 0 Å². The fraction of sp³-hybridized carbons (Fsp3) is 0.158. The van der Waals surface area contributed by atoms with E-state index < -0.39 is 46.5 Å². The Balaban J connectivity index is 0.000000170. The van der Waals surface area contributed by atoms with Crippen LogP contribution in [0.5, 0.6) is 17.2 Å². The van der Waals surface area contributed by atoms with Crippen LogP contribution >= 0.6 is 34.8 Å². The molecule has 0 fully saturated rings. The summed E-state index contributed by atoms with van der Waals surface area (Å²) >= 11 is 17.6. The monoisotopic (exact) mass is 1120 g/mol. The van der Waals surface area contributed by atoms with Gasteiger partial charge in [-0.05, 0) is 135 Å². The van der Waals surface area contributed by atoms with Gasteiger partial charge in [-0.2, -0.15) is 0 Å². The summed E-state index contributed by atoms with van der Waals surface area (Å²) in [4.78, 5) is 74.3. The van der Waals surface area contributed by atoms with E-state index in [9.17, 15) is 57.3 Å². The van der Waals surface area contributed by atoms with Crippen LogP contribution in [0.1, 0.15) is 71.8 Å². The third-order valence-electron chi connectivity index (χ3n) is 12.8. The molecule has 0 spiro atoms. The lowest BCUT2D eigenvalue weighted by Crippen LogP contribution is -2.24. The van der Waals surface area contributed by atoms with Crippen LogP contribution < -0.4 is 16.4 Å². The zero-order chi connectivity index (χ0) is 57.0. The molecule has 0 saturated heterocycles. The number of fused-ring (bicyclic) bond motifs is 3. The first-order chi connectivity index (χ1) is 36.9. The van der Waals surface area contributed by atoms with Crippen LogP contribution in [0.4, 0.5) is 13.2 Å². The van der Waals surface area contributed by atoms with E-state index in [0.29, 0.717) is 93.8 Å². The van der Waals surface area contributed by atoms with E-state index in [2.05, 4.69) is 10.6 Å². The number of nitrogens with two attached hydrogens (primary N) is 1. The van der Waals surface area contributed by atoms with Crippen LogP contribution in [0.2, 0.25) is 15.1 Å². The van der Waals surface area contributed by atoms with Crippen LogP contribution in [0, 0.1) is 38.2 Å². The highest BCUT2D eigenvalue weighted by Gasteiger charge is 2.26. The first kappa shape index (κ1) is 57.1. The van der Waals surface area contributed by atoms with Crippen LogP contribution in [0.15, 0.2) is 109 Å². The van der Waals surface area contributed by atoms with Crippen LogP contribution in [0.25, 0.3) is 32.7 Å². The van der Waals surface area contributed by atoms with E-state index in [0.717, 1.165) is 18.2 Å². The zero-order valence-electron chi connectivity index (χ0n) is 42.2. The van der Waals surface area contributed by atoms with Crippen molar-refractivity contribution < 1.29 is 57.3 Å². The van der Waals surface area contributed by atoms with Gasteiger partial charge in [-0.3, -0.25) is 42.5 Å². The van der Waals surface area contributed by atoms with Crippen molar-refractivity contribution in [1.82, 2.24) is 24.3 Å². The lowest BCUT2D eigenvalue weighted by atomic mass is 10.1. The summed E-state index contributed by atoms with van der Waals surface area (Å²) in [6.07, 6.45) is -0.110. The first-order valence-electron chi connectivity index (χ1n) is 23.7. The van der Waals surface area contributed by atoms with Crippen LogP contribution in [-0.2, 0) is 33.6 Å². The smallest absolute Gasteiger partial charge is 0.262 e. The predicted octanol–water partition coefficient (Wildman–Crippen LogP) is 10.4. The Hall–Kier alpha value is -8.58. The van der Waals surface area contributed by atoms with Crippen molar-refractivity contribution in [1.29, 1.82) is 0 Å². The van der Waals surface area contributed by atoms with Gasteiger partial charge in [0.25, 0.3) is 17.7 Å². The Bertz CT molecular complexity index is 3870. The lowest BCUT2D eigenvalue weighted by Gasteiger charge is -2.08. The summed E-state index contributed by atoms with van der Waals surface area (Å²) < 4.78 is 45.8. The first-order valence-corrected chi connectivity index (χ1v) is 24.8. The molecule has 402 valence electrons. The van der Waals surface area contributed by atoms with Gasteiger partial charge in [0.2, 0.25) is 17.7 Å². The molecule has 3 amide bonds. The second kappa shape index (κ2) is 23.8. The number of primary amides is 1. The molecule has 9 aromatic rings. The number of halogens is 6. The summed E-state index contributed by atoms with van der Waals surface area (Å²) in [5.74, 6) is -6.39. The molecule has 7 N–H and O–H groups in total. The number of hydrogen-bond donors (Lipinski definition) is 6. The average Bonchev–Trinajstić information content (AvgIpc) is 3.95. The Morgan fingerprint density at radius 1 is 0.487 bits per heavy atom. The van der Waals surface area contributed by atoms with Gasteiger partial charge in [0.15, 0.2) is 34.7 Å². The molecule has 9 rings (SSSR count). The number of nitrogens with zero attached hydrogens (tertiary/aromatic N) is 3. The Morgan fingerprint density at radius 3 is 1.04 bits per heavy atom. The summed E-state index contributed by atoms with van der Waals surface area (Å²) in [6, 6.07) is 25.9. The number of carbonyl (C=O) groups is 6. The van der Waals surface area contributed by atoms with Crippen molar-refractivity contribution in [2.75, 3.05) is 13.6 Å². The number of hydrogen-bond acceptors (Lipinski definition) is 9. The topological polar surface area (TPSA) is 228 Å². The van der Waals surface area contributed by atoms with Gasteiger partial charge in [-0.1, -0.05) is 34.8 Å². The number of rotatable bonds is 10. The fourth-order valence-electron chi connectivity index (χ4n) is 8.93. The number of carbonyl (C=O) groups excluding carboxylic acids is 6. The average molecular weight is 1120 g/mol. The molecule has 6 aromatic carbocycles. The predicted molar refractivity (Wildman–Crippen MR) is 291 cm³/mol. The van der Waals surface area contributed by atoms with Gasteiger partial charge in [-0.15, -0.1) is 0 Å². The molecule has 0 saturated carbocycles. The minimum Gasteiger partial charge on any atom is -0.505 e. The third-order valence-corrected chi connectivity index (χ3v) is 13.5. The molecule has 21 heteroatoms. The highest BCUT2D eigenvalue weighted by atomic mass is 35.5. The molecule has 0 atom stereocenters. The number of aromatic nitrogens is 3. The number of amides is 3. The molecular weight excluding hydrogens is 1080 g/mol. The highest BCUT2D eigenvalue weighted by Crippen LogP contribution is 2.35. The Labute approximate surface area is 458 Å². The molecule has 0 aliphatic carbocycles. The van der Waals surface area contributed by atoms with Gasteiger partial charge in [0.05, 0.1) is 35.8 Å². The van der Waals surface area contributed by atoms with E-state index in [1.54, 1.807) is 100 Å². The van der Waals surface area contributed by atoms with Gasteiger partial charge in [0, 0.05) is 96.8 Å². The highest BCUT2D eigenvalue weighted by molar-refractivity contribution is 6.31. The van der Waals surface area contributed by atoms with E-state index in [-0.39, 0.29) is 53.9 Å². The number of likely N-dealkylation sites (N-methyl/N-ethyl adjacent to an activating group) is 2. The van der Waals surface area contributed by atoms with Crippen molar-refractivity contribution >= 4 is 103 Å². The molecule has 0 aliphatic heterocycles. The molecule has 0 bridgehead atoms. The molecule has 78 heavy (non-hydrogen) atoms. The number of phenolic OH excluding ortho intramolecular Hbond substituents is 3. The largest absolute Gasteiger partial charge is 0.505 e. The molecule has 0 unspecified atom stereocenters. The lowest BCUT2D eigenvalue weighted by molar-refractivity contribution is -0.121. The van der Waals surface area contributed by atoms with Gasteiger partial charge < -0.3 is 31.7 Å². The standard InChI is InChI=1S/C20H18ClFN2O3.C19H16ClFN2O3.C18H14ClFN2O3/c1-3-23-19(26)9-14-11(2)24(17-10-16(22)18(25)8-15(14)17)20(27)12-4-6-13(21)7-5-12;1-10-13(8-18(25)22-2)14-7-17(24)15(21)9-16(14)23(10)19(26)11-3-5-12(20)6-4-11;1-9-12(7-17(21)24)13-6-16(23)14(20)8-15(13)22(9)18(25)10-2-4-11(19)5-3-10/h4-8,10,25H,3,9H2,1-2H3,(H,23,26);3-7,9,24H,8H2,1-2H3,(H,22,25);2-6,8,23H,7H2,1H3,(H2,21,24). The number of nitrogens with one attached hydrogen (secondary N) is 2. The van der Waals surface area contributed by atoms with Gasteiger partial charge in [-0.25, -0.2) is 13.2 Å². The molecule has 3 heterocycles. The molecule has 0 radical (unpaired) electrons. The SMILES string of the molecule is CCNC(=O)Cc1c(C)n(C(=O)c2ccc(Cl)cc2)c2cc(F)c(O)cc12.CNC(=O)Cc1c(C)n(C(=O)c2ccc(Cl)cc2)c2cc(F)c(O)cc12.Cc1c(CC(N)=O)c2cc(O)c(F)cc2n1C(=O)c1ccc(Cl)cc1. The Morgan fingerprint density at radius 2 is 0.769 bits per heavy atom. The number of aromatic hydroxyl groups is 3. The van der Waals surface area contributed by atoms with Crippen molar-refractivity contribution in [3.8, 4) is 17.2 Å². The minimum absolute atomic E-state index is 0.00477. The van der Waals surface area contributed by atoms with Crippen molar-refractivity contribution in [3.05, 3.63) is 192 Å². The summed E-state index contributed by atoms with van der Waals surface area (Å²) in [6.45, 7) is 7.29. The molecule has 15 nitrogen and oxygen atoms in total. The maximum Gasteiger partial charge on any atom is 0.262 e. The minimum atomic E-state index is -0.860. The van der Waals surface area contributed by atoms with E-state index >= 15 is 0 Å². The van der Waals surface area contributed by atoms with E-state index in [1.807, 2.05) is 0 Å². The van der Waals surface area contributed by atoms with E-state index in [1.165, 1.54) is 38.9 Å². The second-order valence-corrected chi connectivity index (χ2v) is 19.0. The maximum absolute atomic E-state index is 14.0. The Kier molecular flexibility index (Phi) is 17.4. The zero-order valence-corrected chi connectivity index (χ0v) is 44.5. The van der Waals surface area contributed by atoms with Crippen LogP contribution in [-0.4, -0.2) is 78.1 Å². The quantitative estimate of drug-likeness (QED) is 0.0764. The molecular formula is C57H48Cl3F3N6O9. The normalized spacial score (nSPS) is 11.0. The van der Waals surface area contributed by atoms with Crippen molar-refractivity contribution in [2.24, 2.45) is 5.73 Å². The van der Waals surface area contributed by atoms with Crippen LogP contribution in [0.3, 0.4) is 0 Å². The summed E-state index contributed by atoms with van der Waals surface area (Å²) in [5, 5.41) is 37.2. The maximum atomic E-state index is 14.0. The third kappa shape index (κ3) is 11.9. The number of benzene rings is 6. The van der Waals surface area contributed by atoms with Crippen molar-refractivity contribution in [2.45, 2.75) is 47.0 Å². The van der Waals surface area contributed by atoms with Gasteiger partial charge in [0.1, 0.15) is 0 Å². The second-order valence-electron chi connectivity index (χ2n) is 17.7. The fourth-order valence-corrected chi connectivity index (χ4v) is 9.31. The van der Waals surface area contributed by atoms with E-state index in [4.69, 9.17) is 40.5 Å². The molecule has 3 aromatic heterocycles. The molecule has 0 aliphatic rings. The summed E-state index contributed by atoms with van der Waals surface area (Å²) in [5.41, 5.74) is 10.3. The van der Waals surface area contributed by atoms with Gasteiger partial charge >= 0.3 is 0 Å².